The van der Waals surface area contributed by atoms with Crippen LogP contribution in [0.4, 0.5) is 5.69 Å². The molecule has 4 heteroatoms. The molecule has 1 fully saturated rings. The van der Waals surface area contributed by atoms with Gasteiger partial charge in [0.15, 0.2) is 0 Å². The van der Waals surface area contributed by atoms with E-state index in [2.05, 4.69) is 34.5 Å². The lowest BCUT2D eigenvalue weighted by Crippen LogP contribution is -2.46. The summed E-state index contributed by atoms with van der Waals surface area (Å²) in [5.74, 6) is 1.92. The smallest absolute Gasteiger partial charge is 0.136 e. The SMILES string of the molecule is CCOc1ccc(N=C(c2ccccc2)N2CCNCC2)cc1. The summed E-state index contributed by atoms with van der Waals surface area (Å²) < 4.78 is 5.50. The molecule has 0 aromatic heterocycles. The number of nitrogens with zero attached hydrogens (tertiary/aromatic N) is 2. The maximum absolute atomic E-state index is 5.50. The molecule has 0 radical (unpaired) electrons. The number of ether oxygens (including phenoxy) is 1. The third-order valence-electron chi connectivity index (χ3n) is 3.83. The molecule has 1 N–H and O–H groups in total. The monoisotopic (exact) mass is 309 g/mol. The van der Waals surface area contributed by atoms with Gasteiger partial charge in [-0.15, -0.1) is 0 Å². The molecule has 0 bridgehead atoms. The van der Waals surface area contributed by atoms with Crippen molar-refractivity contribution in [2.75, 3.05) is 32.8 Å². The molecule has 120 valence electrons. The topological polar surface area (TPSA) is 36.9 Å². The Morgan fingerprint density at radius 2 is 1.74 bits per heavy atom. The Labute approximate surface area is 137 Å². The summed E-state index contributed by atoms with van der Waals surface area (Å²) in [5, 5.41) is 3.39. The van der Waals surface area contributed by atoms with E-state index in [1.54, 1.807) is 0 Å². The quantitative estimate of drug-likeness (QED) is 0.696. The van der Waals surface area contributed by atoms with E-state index in [9.17, 15) is 0 Å². The average Bonchev–Trinajstić information content (AvgIpc) is 2.63. The minimum atomic E-state index is 0.679. The molecule has 4 nitrogen and oxygen atoms in total. The summed E-state index contributed by atoms with van der Waals surface area (Å²) in [4.78, 5) is 7.26. The highest BCUT2D eigenvalue weighted by atomic mass is 16.5. The predicted molar refractivity (Wildman–Crippen MR) is 94.7 cm³/mol. The van der Waals surface area contributed by atoms with Gasteiger partial charge in [-0.25, -0.2) is 4.99 Å². The zero-order valence-electron chi connectivity index (χ0n) is 13.5. The van der Waals surface area contributed by atoms with E-state index in [1.807, 2.05) is 37.3 Å². The first-order chi connectivity index (χ1) is 11.4. The molecule has 1 heterocycles. The van der Waals surface area contributed by atoms with E-state index in [4.69, 9.17) is 9.73 Å². The molecule has 0 spiro atoms. The van der Waals surface area contributed by atoms with Crippen molar-refractivity contribution in [2.45, 2.75) is 6.92 Å². The lowest BCUT2D eigenvalue weighted by molar-refractivity contribution is 0.340. The number of benzene rings is 2. The number of rotatable bonds is 4. The molecule has 1 aliphatic heterocycles. The van der Waals surface area contributed by atoms with Crippen molar-refractivity contribution in [3.05, 3.63) is 60.2 Å². The summed E-state index contributed by atoms with van der Waals surface area (Å²) in [6, 6.07) is 18.4. The molecule has 0 atom stereocenters. The maximum Gasteiger partial charge on any atom is 0.136 e. The molecule has 0 saturated carbocycles. The second kappa shape index (κ2) is 7.79. The van der Waals surface area contributed by atoms with E-state index in [1.165, 1.54) is 0 Å². The molecular weight excluding hydrogens is 286 g/mol. The van der Waals surface area contributed by atoms with Gasteiger partial charge in [0, 0.05) is 31.7 Å². The van der Waals surface area contributed by atoms with E-state index < -0.39 is 0 Å². The molecule has 0 unspecified atom stereocenters. The first kappa shape index (κ1) is 15.6. The van der Waals surface area contributed by atoms with Gasteiger partial charge in [0.05, 0.1) is 12.3 Å². The molecule has 1 saturated heterocycles. The number of nitrogens with one attached hydrogen (secondary N) is 1. The van der Waals surface area contributed by atoms with Crippen LogP contribution in [0.3, 0.4) is 0 Å². The van der Waals surface area contributed by atoms with Crippen LogP contribution in [0.25, 0.3) is 0 Å². The summed E-state index contributed by atoms with van der Waals surface area (Å²) in [7, 11) is 0. The lowest BCUT2D eigenvalue weighted by Gasteiger charge is -2.30. The van der Waals surface area contributed by atoms with Crippen molar-refractivity contribution in [3.63, 3.8) is 0 Å². The van der Waals surface area contributed by atoms with Crippen molar-refractivity contribution in [1.82, 2.24) is 10.2 Å². The van der Waals surface area contributed by atoms with Gasteiger partial charge in [0.25, 0.3) is 0 Å². The Morgan fingerprint density at radius 3 is 2.39 bits per heavy atom. The molecule has 0 aliphatic carbocycles. The standard InChI is InChI=1S/C19H23N3O/c1-2-23-18-10-8-17(9-11-18)21-19(16-6-4-3-5-7-16)22-14-12-20-13-15-22/h3-11,20H,2,12-15H2,1H3. The molecule has 23 heavy (non-hydrogen) atoms. The maximum atomic E-state index is 5.50. The van der Waals surface area contributed by atoms with Crippen LogP contribution in [0.1, 0.15) is 12.5 Å². The second-order valence-electron chi connectivity index (χ2n) is 5.47. The number of piperazine rings is 1. The van der Waals surface area contributed by atoms with Gasteiger partial charge in [-0.3, -0.25) is 0 Å². The van der Waals surface area contributed by atoms with Crippen LogP contribution in [0, 0.1) is 0 Å². The number of aliphatic imine (C=N–C) groups is 1. The zero-order chi connectivity index (χ0) is 15.9. The highest BCUT2D eigenvalue weighted by Crippen LogP contribution is 2.20. The first-order valence-corrected chi connectivity index (χ1v) is 8.19. The summed E-state index contributed by atoms with van der Waals surface area (Å²) in [5.41, 5.74) is 2.11. The third-order valence-corrected chi connectivity index (χ3v) is 3.83. The van der Waals surface area contributed by atoms with Crippen molar-refractivity contribution >= 4 is 11.5 Å². The van der Waals surface area contributed by atoms with Crippen molar-refractivity contribution in [3.8, 4) is 5.75 Å². The fourth-order valence-electron chi connectivity index (χ4n) is 2.69. The molecular formula is C19H23N3O. The molecule has 0 amide bonds. The number of amidine groups is 1. The van der Waals surface area contributed by atoms with E-state index in [0.717, 1.165) is 49.0 Å². The van der Waals surface area contributed by atoms with Crippen molar-refractivity contribution in [2.24, 2.45) is 4.99 Å². The Balaban J connectivity index is 1.90. The molecule has 2 aromatic carbocycles. The van der Waals surface area contributed by atoms with Crippen LogP contribution in [0.5, 0.6) is 5.75 Å². The Bertz CT molecular complexity index is 631. The normalized spacial score (nSPS) is 15.5. The Hall–Kier alpha value is -2.33. The van der Waals surface area contributed by atoms with Crippen molar-refractivity contribution in [1.29, 1.82) is 0 Å². The summed E-state index contributed by atoms with van der Waals surface area (Å²) in [6.45, 7) is 6.61. The van der Waals surface area contributed by atoms with Crippen molar-refractivity contribution < 1.29 is 4.74 Å². The van der Waals surface area contributed by atoms with Crippen LogP contribution in [0.15, 0.2) is 59.6 Å². The highest BCUT2D eigenvalue weighted by molar-refractivity contribution is 6.00. The fourth-order valence-corrected chi connectivity index (χ4v) is 2.69. The minimum absolute atomic E-state index is 0.679. The van der Waals surface area contributed by atoms with Crippen LogP contribution in [-0.4, -0.2) is 43.5 Å². The van der Waals surface area contributed by atoms with Gasteiger partial charge in [-0.2, -0.15) is 0 Å². The molecule has 1 aliphatic rings. The molecule has 3 rings (SSSR count). The Morgan fingerprint density at radius 1 is 1.04 bits per heavy atom. The largest absolute Gasteiger partial charge is 0.494 e. The van der Waals surface area contributed by atoms with Crippen LogP contribution in [0.2, 0.25) is 0 Å². The highest BCUT2D eigenvalue weighted by Gasteiger charge is 2.16. The zero-order valence-corrected chi connectivity index (χ0v) is 13.5. The van der Waals surface area contributed by atoms with Crippen LogP contribution >= 0.6 is 0 Å². The number of hydrogen-bond donors (Lipinski definition) is 1. The van der Waals surface area contributed by atoms with E-state index >= 15 is 0 Å². The second-order valence-corrected chi connectivity index (χ2v) is 5.47. The van der Waals surface area contributed by atoms with Gasteiger partial charge in [-0.1, -0.05) is 30.3 Å². The van der Waals surface area contributed by atoms with Crippen LogP contribution in [-0.2, 0) is 0 Å². The summed E-state index contributed by atoms with van der Waals surface area (Å²) >= 11 is 0. The predicted octanol–water partition coefficient (Wildman–Crippen LogP) is 3.07. The van der Waals surface area contributed by atoms with E-state index in [0.29, 0.717) is 6.61 Å². The number of hydrogen-bond acceptors (Lipinski definition) is 3. The van der Waals surface area contributed by atoms with Gasteiger partial charge >= 0.3 is 0 Å². The van der Waals surface area contributed by atoms with Gasteiger partial charge in [0.2, 0.25) is 0 Å². The Kier molecular flexibility index (Phi) is 5.27. The van der Waals surface area contributed by atoms with Gasteiger partial charge in [-0.05, 0) is 31.2 Å². The first-order valence-electron chi connectivity index (χ1n) is 8.19. The van der Waals surface area contributed by atoms with Gasteiger partial charge in [0.1, 0.15) is 11.6 Å². The minimum Gasteiger partial charge on any atom is -0.494 e. The van der Waals surface area contributed by atoms with E-state index in [-0.39, 0.29) is 0 Å². The molecule has 2 aromatic rings. The van der Waals surface area contributed by atoms with Gasteiger partial charge < -0.3 is 15.0 Å². The van der Waals surface area contributed by atoms with Crippen LogP contribution < -0.4 is 10.1 Å². The third kappa shape index (κ3) is 4.11. The fraction of sp³-hybridized carbons (Fsp3) is 0.316. The average molecular weight is 309 g/mol. The summed E-state index contributed by atoms with van der Waals surface area (Å²) in [6.07, 6.45) is 0. The lowest BCUT2D eigenvalue weighted by atomic mass is 10.1.